The highest BCUT2D eigenvalue weighted by molar-refractivity contribution is 8.00. The number of thiazole rings is 1. The van der Waals surface area contributed by atoms with Gasteiger partial charge in [-0.15, -0.1) is 33.9 Å². The molecule has 5 aromatic rings. The average molecular weight is 576 g/mol. The number of anilines is 2. The van der Waals surface area contributed by atoms with Gasteiger partial charge in [-0.05, 0) is 30.3 Å². The monoisotopic (exact) mass is 575 g/mol. The Morgan fingerprint density at radius 3 is 2.05 bits per heavy atom. The molecule has 5 N–H and O–H groups in total. The minimum absolute atomic E-state index is 0. The van der Waals surface area contributed by atoms with E-state index in [4.69, 9.17) is 0 Å². The number of phenols is 1. The third-order valence-electron chi connectivity index (χ3n) is 4.67. The number of fused-ring (bicyclic) bond motifs is 1. The second-order valence-electron chi connectivity index (χ2n) is 7.22. The number of aromatic nitrogens is 7. The molecule has 3 heterocycles. The van der Waals surface area contributed by atoms with Gasteiger partial charge in [0.1, 0.15) is 20.8 Å². The Kier molecular flexibility index (Phi) is 8.60. The summed E-state index contributed by atoms with van der Waals surface area (Å²) < 4.78 is 0.855. The largest absolute Gasteiger partial charge is 0.507 e. The van der Waals surface area contributed by atoms with Crippen LogP contribution in [-0.4, -0.2) is 64.2 Å². The van der Waals surface area contributed by atoms with Crippen molar-refractivity contribution in [3.63, 3.8) is 0 Å². The summed E-state index contributed by atoms with van der Waals surface area (Å²) in [6.45, 7) is 0. The van der Waals surface area contributed by atoms with Crippen molar-refractivity contribution in [3.05, 3.63) is 48.8 Å². The van der Waals surface area contributed by atoms with Gasteiger partial charge < -0.3 is 15.7 Å². The van der Waals surface area contributed by atoms with E-state index in [9.17, 15) is 14.7 Å². The third kappa shape index (κ3) is 6.76. The molecule has 0 atom stereocenters. The molecule has 0 saturated carbocycles. The van der Waals surface area contributed by atoms with Crippen LogP contribution in [0.3, 0.4) is 0 Å². The second-order valence-corrected chi connectivity index (χ2v) is 10.2. The molecule has 5 rings (SSSR count). The molecule has 2 aromatic carbocycles. The van der Waals surface area contributed by atoms with Crippen LogP contribution in [0.25, 0.3) is 20.8 Å². The fourth-order valence-electron chi connectivity index (χ4n) is 3.10. The lowest BCUT2D eigenvalue weighted by Gasteiger charge is -2.07. The van der Waals surface area contributed by atoms with Crippen LogP contribution in [0.15, 0.2) is 58.8 Å². The van der Waals surface area contributed by atoms with Gasteiger partial charge >= 0.3 is 0 Å². The van der Waals surface area contributed by atoms with Gasteiger partial charge in [-0.1, -0.05) is 23.5 Å². The number of rotatable bonds is 9. The highest BCUT2D eigenvalue weighted by atomic mass is 35.5. The molecule has 0 spiro atoms. The second kappa shape index (κ2) is 12.1. The summed E-state index contributed by atoms with van der Waals surface area (Å²) >= 11 is 3.91. The minimum atomic E-state index is -0.232. The maximum Gasteiger partial charge on any atom is 0.234 e. The van der Waals surface area contributed by atoms with Crippen molar-refractivity contribution in [2.75, 3.05) is 22.1 Å². The van der Waals surface area contributed by atoms with Crippen molar-refractivity contribution in [2.45, 2.75) is 10.1 Å². The number of hydrogen-bond donors (Lipinski definition) is 5. The van der Waals surface area contributed by atoms with Crippen molar-refractivity contribution in [2.24, 2.45) is 0 Å². The number of benzene rings is 2. The smallest absolute Gasteiger partial charge is 0.234 e. The molecular formula is C21H18ClN9O3S3. The molecule has 12 nitrogen and oxygen atoms in total. The van der Waals surface area contributed by atoms with Crippen molar-refractivity contribution < 1.29 is 14.7 Å². The molecule has 2 amide bonds. The third-order valence-corrected chi connectivity index (χ3v) is 7.52. The Hall–Kier alpha value is -3.66. The van der Waals surface area contributed by atoms with E-state index < -0.39 is 0 Å². The maximum atomic E-state index is 12.3. The van der Waals surface area contributed by atoms with Crippen LogP contribution in [0.1, 0.15) is 0 Å². The highest BCUT2D eigenvalue weighted by Crippen LogP contribution is 2.37. The molecule has 0 fully saturated rings. The fourth-order valence-corrected chi connectivity index (χ4v) is 5.31. The molecule has 0 saturated heterocycles. The molecule has 0 unspecified atom stereocenters. The van der Waals surface area contributed by atoms with Gasteiger partial charge in [0.25, 0.3) is 0 Å². The zero-order valence-electron chi connectivity index (χ0n) is 18.7. The van der Waals surface area contributed by atoms with E-state index in [1.54, 1.807) is 24.4 Å². The summed E-state index contributed by atoms with van der Waals surface area (Å²) in [5.74, 6) is -0.0425. The van der Waals surface area contributed by atoms with Gasteiger partial charge in [-0.2, -0.15) is 20.6 Å². The summed E-state index contributed by atoms with van der Waals surface area (Å²) in [7, 11) is 0. The quantitative estimate of drug-likeness (QED) is 0.163. The van der Waals surface area contributed by atoms with Crippen molar-refractivity contribution in [1.82, 2.24) is 35.8 Å². The molecular weight excluding hydrogens is 558 g/mol. The zero-order chi connectivity index (χ0) is 24.9. The Labute approximate surface area is 227 Å². The van der Waals surface area contributed by atoms with E-state index in [0.717, 1.165) is 10.2 Å². The maximum absolute atomic E-state index is 12.3. The average Bonchev–Trinajstić information content (AvgIpc) is 3.63. The summed E-state index contributed by atoms with van der Waals surface area (Å²) in [4.78, 5) is 29.0. The van der Waals surface area contributed by atoms with E-state index in [1.807, 2.05) is 12.1 Å². The Morgan fingerprint density at radius 2 is 1.49 bits per heavy atom. The number of thioether (sulfide) groups is 2. The Morgan fingerprint density at radius 1 is 0.892 bits per heavy atom. The number of carbonyl (C=O) groups is 2. The number of carbonyl (C=O) groups excluding carboxylic acids is 2. The van der Waals surface area contributed by atoms with Gasteiger partial charge in [0.05, 0.1) is 39.7 Å². The highest BCUT2D eigenvalue weighted by Gasteiger charge is 2.14. The normalized spacial score (nSPS) is 10.7. The van der Waals surface area contributed by atoms with Crippen LogP contribution >= 0.6 is 47.3 Å². The lowest BCUT2D eigenvalue weighted by Crippen LogP contribution is -2.13. The number of nitrogens with one attached hydrogen (secondary N) is 4. The Balaban J connectivity index is 0.00000320. The molecule has 0 bridgehead atoms. The molecule has 37 heavy (non-hydrogen) atoms. The molecule has 3 aromatic heterocycles. The van der Waals surface area contributed by atoms with Crippen LogP contribution in [0, 0.1) is 0 Å². The number of phenolic OH excluding ortho intramolecular Hbond substituents is 1. The van der Waals surface area contributed by atoms with Crippen LogP contribution in [0.5, 0.6) is 5.75 Å². The van der Waals surface area contributed by atoms with Crippen molar-refractivity contribution in [1.29, 1.82) is 0 Å². The molecule has 0 aliphatic carbocycles. The summed E-state index contributed by atoms with van der Waals surface area (Å²) in [5, 5.41) is 38.3. The Bertz CT molecular complexity index is 1510. The number of H-pyrrole nitrogens is 2. The summed E-state index contributed by atoms with van der Waals surface area (Å²) in [6, 6.07) is 10.3. The van der Waals surface area contributed by atoms with Gasteiger partial charge in [-0.25, -0.2) is 4.98 Å². The molecule has 16 heteroatoms. The predicted molar refractivity (Wildman–Crippen MR) is 145 cm³/mol. The first kappa shape index (κ1) is 26.4. The van der Waals surface area contributed by atoms with Crippen molar-refractivity contribution >= 4 is 80.7 Å². The van der Waals surface area contributed by atoms with Crippen molar-refractivity contribution in [3.8, 4) is 16.3 Å². The first-order chi connectivity index (χ1) is 17.5. The number of amides is 2. The lowest BCUT2D eigenvalue weighted by atomic mass is 10.2. The minimum Gasteiger partial charge on any atom is -0.507 e. The predicted octanol–water partition coefficient (Wildman–Crippen LogP) is 3.79. The van der Waals surface area contributed by atoms with E-state index in [0.29, 0.717) is 32.0 Å². The van der Waals surface area contributed by atoms with E-state index in [-0.39, 0.29) is 41.5 Å². The number of halogens is 1. The number of aromatic amines is 2. The zero-order valence-corrected chi connectivity index (χ0v) is 21.9. The summed E-state index contributed by atoms with van der Waals surface area (Å²) in [6.07, 6.45) is 3.09. The van der Waals surface area contributed by atoms with E-state index >= 15 is 0 Å². The molecule has 0 aliphatic rings. The number of aromatic hydroxyl groups is 1. The first-order valence-corrected chi connectivity index (χ1v) is 13.1. The van der Waals surface area contributed by atoms with Gasteiger partial charge in [0.15, 0.2) is 0 Å². The van der Waals surface area contributed by atoms with Crippen LogP contribution in [-0.2, 0) is 9.59 Å². The van der Waals surface area contributed by atoms with E-state index in [2.05, 4.69) is 46.4 Å². The standard InChI is InChI=1S/C21H17N9O3S3.ClH/c31-15-5-11(24-17(32)9-34-19-7-22-29-27-19)1-3-13(15)21-26-14-4-2-12(6-16(14)36-21)25-18(33)10-35-20-8-23-30-28-20;/h1-8,31H,9-10H2,(H,24,32)(H,25,33)(H,22,27,29)(H,23,28,30);1H. The fraction of sp³-hybridized carbons (Fsp3) is 0.0952. The molecule has 190 valence electrons. The first-order valence-electron chi connectivity index (χ1n) is 10.3. The van der Waals surface area contributed by atoms with Crippen LogP contribution < -0.4 is 10.6 Å². The van der Waals surface area contributed by atoms with Crippen LogP contribution in [0.4, 0.5) is 11.4 Å². The van der Waals surface area contributed by atoms with Gasteiger partial charge in [-0.3, -0.25) is 9.59 Å². The number of hydrogen-bond acceptors (Lipinski definition) is 11. The topological polar surface area (TPSA) is 174 Å². The molecule has 0 aliphatic heterocycles. The van der Waals surface area contributed by atoms with Gasteiger partial charge in [0.2, 0.25) is 11.8 Å². The number of nitrogens with zero attached hydrogens (tertiary/aromatic N) is 5. The van der Waals surface area contributed by atoms with Gasteiger partial charge in [0, 0.05) is 17.4 Å². The van der Waals surface area contributed by atoms with E-state index in [1.165, 1.54) is 47.1 Å². The lowest BCUT2D eigenvalue weighted by molar-refractivity contribution is -0.114. The molecule has 0 radical (unpaired) electrons. The van der Waals surface area contributed by atoms with Crippen LogP contribution in [0.2, 0.25) is 0 Å². The SMILES string of the molecule is Cl.O=C(CSc1cn[nH]n1)Nc1ccc(-c2nc3ccc(NC(=O)CSc4cn[nH]n4)cc3s2)c(O)c1. The summed E-state index contributed by atoms with van der Waals surface area (Å²) in [5.41, 5.74) is 2.40.